The molecule has 0 spiro atoms. The van der Waals surface area contributed by atoms with Crippen molar-refractivity contribution >= 4 is 17.4 Å². The number of nitrogens with zero attached hydrogens (tertiary/aromatic N) is 1. The molecule has 1 rings (SSSR count). The molecule has 0 unspecified atom stereocenters. The molecule has 1 heterocycles. The number of ether oxygens (including phenoxy) is 1. The second-order valence-corrected chi connectivity index (χ2v) is 3.65. The minimum atomic E-state index is -0.266. The lowest BCUT2D eigenvalue weighted by molar-refractivity contribution is -0.118. The fourth-order valence-corrected chi connectivity index (χ4v) is 1.35. The Labute approximate surface area is 100 Å². The minimum Gasteiger partial charge on any atom is -0.479 e. The van der Waals surface area contributed by atoms with E-state index in [1.807, 2.05) is 0 Å². The van der Waals surface area contributed by atoms with Crippen molar-refractivity contribution in [3.05, 3.63) is 12.1 Å². The average Bonchev–Trinajstić information content (AvgIpc) is 2.30. The van der Waals surface area contributed by atoms with Crippen LogP contribution in [0.15, 0.2) is 12.1 Å². The molecule has 6 nitrogen and oxygen atoms in total. The number of carbonyl (C=O) groups excluding carboxylic acids is 1. The van der Waals surface area contributed by atoms with Crippen LogP contribution < -0.4 is 21.5 Å². The van der Waals surface area contributed by atoms with Gasteiger partial charge >= 0.3 is 0 Å². The molecule has 0 atom stereocenters. The lowest BCUT2D eigenvalue weighted by atomic mass is 10.2. The number of hydrogen-bond acceptors (Lipinski definition) is 5. The van der Waals surface area contributed by atoms with Gasteiger partial charge in [-0.05, 0) is 25.0 Å². The number of primary amides is 1. The van der Waals surface area contributed by atoms with Crippen molar-refractivity contribution in [2.45, 2.75) is 19.3 Å². The van der Waals surface area contributed by atoms with E-state index < -0.39 is 0 Å². The molecule has 0 radical (unpaired) electrons. The molecule has 0 aliphatic carbocycles. The van der Waals surface area contributed by atoms with Crippen molar-refractivity contribution in [3.8, 4) is 5.88 Å². The van der Waals surface area contributed by atoms with Crippen LogP contribution in [0.2, 0.25) is 0 Å². The standard InChI is InChI=1S/C11H18N4O2/c1-17-11-8(12)5-6-10(15-11)14-7-3-2-4-9(13)16/h5-6H,2-4,7,12H2,1H3,(H2,13,16)(H,14,15). The van der Waals surface area contributed by atoms with Gasteiger partial charge in [-0.15, -0.1) is 0 Å². The SMILES string of the molecule is COc1nc(NCCCCC(N)=O)ccc1N. The molecule has 94 valence electrons. The largest absolute Gasteiger partial charge is 0.479 e. The highest BCUT2D eigenvalue weighted by Crippen LogP contribution is 2.19. The van der Waals surface area contributed by atoms with Crippen LogP contribution in [0.3, 0.4) is 0 Å². The zero-order valence-electron chi connectivity index (χ0n) is 9.90. The van der Waals surface area contributed by atoms with Gasteiger partial charge in [-0.2, -0.15) is 4.98 Å². The summed E-state index contributed by atoms with van der Waals surface area (Å²) in [5.74, 6) is 0.847. The van der Waals surface area contributed by atoms with Crippen LogP contribution in [-0.2, 0) is 4.79 Å². The Hall–Kier alpha value is -1.98. The predicted molar refractivity (Wildman–Crippen MR) is 66.7 cm³/mol. The minimum absolute atomic E-state index is 0.266. The quantitative estimate of drug-likeness (QED) is 0.608. The van der Waals surface area contributed by atoms with Gasteiger partial charge in [-0.1, -0.05) is 0 Å². The normalized spacial score (nSPS) is 9.94. The number of nitrogens with one attached hydrogen (secondary N) is 1. The van der Waals surface area contributed by atoms with E-state index in [4.69, 9.17) is 16.2 Å². The highest BCUT2D eigenvalue weighted by molar-refractivity contribution is 5.73. The van der Waals surface area contributed by atoms with E-state index in [0.29, 0.717) is 23.8 Å². The first-order valence-electron chi connectivity index (χ1n) is 5.46. The molecule has 0 aliphatic rings. The summed E-state index contributed by atoms with van der Waals surface area (Å²) in [6.45, 7) is 0.730. The summed E-state index contributed by atoms with van der Waals surface area (Å²) in [7, 11) is 1.52. The fourth-order valence-electron chi connectivity index (χ4n) is 1.35. The van der Waals surface area contributed by atoms with Crippen LogP contribution in [0, 0.1) is 0 Å². The summed E-state index contributed by atoms with van der Waals surface area (Å²) < 4.78 is 5.01. The molecule has 0 saturated carbocycles. The average molecular weight is 238 g/mol. The molecule has 0 bridgehead atoms. The monoisotopic (exact) mass is 238 g/mol. The number of aromatic nitrogens is 1. The van der Waals surface area contributed by atoms with Crippen LogP contribution in [0.25, 0.3) is 0 Å². The van der Waals surface area contributed by atoms with Gasteiger partial charge in [0.05, 0.1) is 12.8 Å². The smallest absolute Gasteiger partial charge is 0.238 e. The van der Waals surface area contributed by atoms with Crippen LogP contribution in [0.1, 0.15) is 19.3 Å². The molecule has 5 N–H and O–H groups in total. The maximum absolute atomic E-state index is 10.5. The van der Waals surface area contributed by atoms with Crippen LogP contribution in [0.4, 0.5) is 11.5 Å². The number of rotatable bonds is 7. The summed E-state index contributed by atoms with van der Waals surface area (Å²) in [5.41, 5.74) is 11.2. The van der Waals surface area contributed by atoms with Gasteiger partial charge in [-0.25, -0.2) is 0 Å². The maximum Gasteiger partial charge on any atom is 0.238 e. The van der Waals surface area contributed by atoms with E-state index in [0.717, 1.165) is 19.4 Å². The zero-order valence-corrected chi connectivity index (χ0v) is 9.90. The third kappa shape index (κ3) is 4.58. The summed E-state index contributed by atoms with van der Waals surface area (Å²) in [6.07, 6.45) is 2.05. The van der Waals surface area contributed by atoms with Gasteiger partial charge in [-0.3, -0.25) is 4.79 Å². The molecule has 1 amide bonds. The van der Waals surface area contributed by atoms with E-state index in [9.17, 15) is 4.79 Å². The lowest BCUT2D eigenvalue weighted by Crippen LogP contribution is -2.11. The topological polar surface area (TPSA) is 103 Å². The first-order chi connectivity index (χ1) is 8.13. The Balaban J connectivity index is 2.34. The Bertz CT molecular complexity index is 382. The van der Waals surface area contributed by atoms with Crippen molar-refractivity contribution < 1.29 is 9.53 Å². The Morgan fingerprint density at radius 2 is 2.24 bits per heavy atom. The summed E-state index contributed by atoms with van der Waals surface area (Å²) >= 11 is 0. The second kappa shape index (κ2) is 6.57. The molecule has 6 heteroatoms. The van der Waals surface area contributed by atoms with Crippen molar-refractivity contribution in [1.82, 2.24) is 4.98 Å². The van der Waals surface area contributed by atoms with E-state index >= 15 is 0 Å². The Morgan fingerprint density at radius 3 is 2.88 bits per heavy atom. The van der Waals surface area contributed by atoms with Crippen LogP contribution in [0.5, 0.6) is 5.88 Å². The third-order valence-corrected chi connectivity index (χ3v) is 2.24. The molecule has 0 aliphatic heterocycles. The number of unbranched alkanes of at least 4 members (excludes halogenated alkanes) is 1. The van der Waals surface area contributed by atoms with Gasteiger partial charge < -0.3 is 21.5 Å². The number of methoxy groups -OCH3 is 1. The van der Waals surface area contributed by atoms with Crippen molar-refractivity contribution in [3.63, 3.8) is 0 Å². The predicted octanol–water partition coefficient (Wildman–Crippen LogP) is 0.740. The first kappa shape index (κ1) is 13.1. The molecule has 1 aromatic rings. The Kier molecular flexibility index (Phi) is 5.06. The van der Waals surface area contributed by atoms with Gasteiger partial charge in [0.1, 0.15) is 5.82 Å². The molecule has 1 aromatic heterocycles. The zero-order chi connectivity index (χ0) is 12.7. The van der Waals surface area contributed by atoms with Gasteiger partial charge in [0, 0.05) is 13.0 Å². The molecule has 0 aromatic carbocycles. The summed E-state index contributed by atoms with van der Waals surface area (Å²) in [4.78, 5) is 14.7. The number of hydrogen-bond donors (Lipinski definition) is 3. The number of nitrogens with two attached hydrogens (primary N) is 2. The van der Waals surface area contributed by atoms with Gasteiger partial charge in [0.15, 0.2) is 0 Å². The highest BCUT2D eigenvalue weighted by atomic mass is 16.5. The first-order valence-corrected chi connectivity index (χ1v) is 5.46. The number of amides is 1. The lowest BCUT2D eigenvalue weighted by Gasteiger charge is -2.08. The number of anilines is 2. The third-order valence-electron chi connectivity index (χ3n) is 2.24. The molecule has 17 heavy (non-hydrogen) atoms. The Morgan fingerprint density at radius 1 is 1.47 bits per heavy atom. The van der Waals surface area contributed by atoms with Gasteiger partial charge in [0.2, 0.25) is 11.8 Å². The molecular formula is C11H18N4O2. The fraction of sp³-hybridized carbons (Fsp3) is 0.455. The molecule has 0 saturated heterocycles. The van der Waals surface area contributed by atoms with E-state index in [2.05, 4.69) is 10.3 Å². The van der Waals surface area contributed by atoms with Crippen molar-refractivity contribution in [1.29, 1.82) is 0 Å². The maximum atomic E-state index is 10.5. The van der Waals surface area contributed by atoms with Gasteiger partial charge in [0.25, 0.3) is 0 Å². The molecular weight excluding hydrogens is 220 g/mol. The van der Waals surface area contributed by atoms with E-state index in [1.54, 1.807) is 12.1 Å². The number of carbonyl (C=O) groups is 1. The number of nitrogen functional groups attached to an aromatic ring is 1. The second-order valence-electron chi connectivity index (χ2n) is 3.65. The van der Waals surface area contributed by atoms with Crippen molar-refractivity contribution in [2.75, 3.05) is 24.7 Å². The summed E-state index contributed by atoms with van der Waals surface area (Å²) in [6, 6.07) is 3.52. The highest BCUT2D eigenvalue weighted by Gasteiger charge is 2.02. The number of pyridine rings is 1. The summed E-state index contributed by atoms with van der Waals surface area (Å²) in [5, 5.41) is 3.12. The van der Waals surface area contributed by atoms with E-state index in [1.165, 1.54) is 7.11 Å². The van der Waals surface area contributed by atoms with Crippen LogP contribution >= 0.6 is 0 Å². The molecule has 0 fully saturated rings. The van der Waals surface area contributed by atoms with Crippen LogP contribution in [-0.4, -0.2) is 24.5 Å². The van der Waals surface area contributed by atoms with Crippen molar-refractivity contribution in [2.24, 2.45) is 5.73 Å². The van der Waals surface area contributed by atoms with E-state index in [-0.39, 0.29) is 5.91 Å².